The van der Waals surface area contributed by atoms with Crippen molar-refractivity contribution in [2.24, 2.45) is 4.99 Å². The number of fused-ring (bicyclic) bond motifs is 1. The fourth-order valence-corrected chi connectivity index (χ4v) is 5.00. The van der Waals surface area contributed by atoms with E-state index in [4.69, 9.17) is 21.1 Å². The lowest BCUT2D eigenvalue weighted by molar-refractivity contribution is -0.136. The standard InChI is InChI=1S/C25H22ClFN2O4S/c1-4-12-33-16-10-8-15(9-11-16)22-21(24(31)32-3)14(2)28-25-29(22)23(30)20(34-25)13-17-18(26)6-5-7-19(17)27/h5-11,13,22H,4,12H2,1-3H3/b20-13-. The third kappa shape index (κ3) is 4.43. The minimum atomic E-state index is -0.762. The number of allylic oxidation sites excluding steroid dienone is 1. The highest BCUT2D eigenvalue weighted by Gasteiger charge is 2.33. The molecule has 0 saturated carbocycles. The molecule has 1 unspecified atom stereocenters. The number of ether oxygens (including phenoxy) is 2. The highest BCUT2D eigenvalue weighted by Crippen LogP contribution is 2.31. The quantitative estimate of drug-likeness (QED) is 0.480. The minimum Gasteiger partial charge on any atom is -0.494 e. The highest BCUT2D eigenvalue weighted by molar-refractivity contribution is 7.07. The first kappa shape index (κ1) is 23.9. The van der Waals surface area contributed by atoms with Gasteiger partial charge in [0, 0.05) is 5.56 Å². The van der Waals surface area contributed by atoms with E-state index in [0.29, 0.717) is 28.4 Å². The predicted molar refractivity (Wildman–Crippen MR) is 129 cm³/mol. The zero-order valence-electron chi connectivity index (χ0n) is 18.8. The second-order valence-corrected chi connectivity index (χ2v) is 9.04. The van der Waals surface area contributed by atoms with E-state index in [9.17, 15) is 14.0 Å². The molecular weight excluding hydrogens is 479 g/mol. The van der Waals surface area contributed by atoms with E-state index in [1.54, 1.807) is 25.1 Å². The van der Waals surface area contributed by atoms with Gasteiger partial charge in [-0.25, -0.2) is 14.2 Å². The second-order valence-electron chi connectivity index (χ2n) is 7.63. The van der Waals surface area contributed by atoms with Crippen molar-refractivity contribution in [1.82, 2.24) is 4.57 Å². The number of hydrogen-bond acceptors (Lipinski definition) is 6. The van der Waals surface area contributed by atoms with Crippen LogP contribution in [-0.4, -0.2) is 24.3 Å². The number of carbonyl (C=O) groups excluding carboxylic acids is 1. The number of rotatable bonds is 6. The summed E-state index contributed by atoms with van der Waals surface area (Å²) in [6.07, 6.45) is 2.29. The van der Waals surface area contributed by atoms with Crippen molar-refractivity contribution in [2.45, 2.75) is 26.3 Å². The molecule has 1 aliphatic heterocycles. The average Bonchev–Trinajstić information content (AvgIpc) is 3.13. The van der Waals surface area contributed by atoms with Gasteiger partial charge in [-0.2, -0.15) is 0 Å². The summed E-state index contributed by atoms with van der Waals surface area (Å²) in [6, 6.07) is 10.8. The van der Waals surface area contributed by atoms with Crippen LogP contribution in [0.15, 0.2) is 63.5 Å². The second kappa shape index (κ2) is 9.95. The molecule has 0 fully saturated rings. The zero-order valence-corrected chi connectivity index (χ0v) is 20.4. The van der Waals surface area contributed by atoms with Gasteiger partial charge in [-0.15, -0.1) is 0 Å². The Bertz CT molecular complexity index is 1440. The van der Waals surface area contributed by atoms with E-state index in [-0.39, 0.29) is 20.7 Å². The summed E-state index contributed by atoms with van der Waals surface area (Å²) in [5, 5.41) is 0.191. The summed E-state index contributed by atoms with van der Waals surface area (Å²) in [4.78, 5) is 31.1. The average molecular weight is 501 g/mol. The van der Waals surface area contributed by atoms with Crippen LogP contribution in [0.5, 0.6) is 5.75 Å². The lowest BCUT2D eigenvalue weighted by atomic mass is 9.96. The van der Waals surface area contributed by atoms with Crippen molar-refractivity contribution >= 4 is 35.0 Å². The lowest BCUT2D eigenvalue weighted by Crippen LogP contribution is -2.39. The number of carbonyl (C=O) groups is 1. The number of aromatic nitrogens is 1. The van der Waals surface area contributed by atoms with Crippen molar-refractivity contribution in [3.63, 3.8) is 0 Å². The van der Waals surface area contributed by atoms with Crippen LogP contribution >= 0.6 is 22.9 Å². The van der Waals surface area contributed by atoms with Gasteiger partial charge in [0.05, 0.1) is 40.6 Å². The van der Waals surface area contributed by atoms with Gasteiger partial charge in [0.25, 0.3) is 5.56 Å². The number of hydrogen-bond donors (Lipinski definition) is 0. The maximum Gasteiger partial charge on any atom is 0.338 e. The first-order valence-electron chi connectivity index (χ1n) is 10.6. The Labute approximate surface area is 204 Å². The molecule has 0 aliphatic carbocycles. The van der Waals surface area contributed by atoms with Gasteiger partial charge in [0.15, 0.2) is 4.80 Å². The molecule has 9 heteroatoms. The van der Waals surface area contributed by atoms with Gasteiger partial charge in [-0.3, -0.25) is 9.36 Å². The van der Waals surface area contributed by atoms with Crippen LogP contribution in [0.25, 0.3) is 6.08 Å². The summed E-state index contributed by atoms with van der Waals surface area (Å²) in [5.41, 5.74) is 1.10. The summed E-state index contributed by atoms with van der Waals surface area (Å²) in [6.45, 7) is 4.30. The summed E-state index contributed by atoms with van der Waals surface area (Å²) < 4.78 is 26.7. The maximum absolute atomic E-state index is 14.4. The molecule has 6 nitrogen and oxygen atoms in total. The normalized spacial score (nSPS) is 15.7. The Kier molecular flexibility index (Phi) is 7.00. The summed E-state index contributed by atoms with van der Waals surface area (Å²) in [7, 11) is 1.28. The molecule has 0 bridgehead atoms. The molecule has 2 aromatic carbocycles. The molecule has 4 rings (SSSR count). The van der Waals surface area contributed by atoms with E-state index >= 15 is 0 Å². The molecule has 1 atom stereocenters. The summed E-state index contributed by atoms with van der Waals surface area (Å²) in [5.74, 6) is -0.430. The monoisotopic (exact) mass is 500 g/mol. The lowest BCUT2D eigenvalue weighted by Gasteiger charge is -2.24. The molecule has 1 aromatic heterocycles. The molecule has 0 N–H and O–H groups in total. The summed E-state index contributed by atoms with van der Waals surface area (Å²) >= 11 is 7.26. The van der Waals surface area contributed by atoms with Crippen LogP contribution in [0, 0.1) is 5.82 Å². The Balaban J connectivity index is 1.92. The molecule has 3 aromatic rings. The van der Waals surface area contributed by atoms with Crippen molar-refractivity contribution in [2.75, 3.05) is 13.7 Å². The number of thiazole rings is 1. The number of esters is 1. The van der Waals surface area contributed by atoms with Crippen molar-refractivity contribution < 1.29 is 18.7 Å². The smallest absolute Gasteiger partial charge is 0.338 e. The van der Waals surface area contributed by atoms with E-state index in [2.05, 4.69) is 4.99 Å². The van der Waals surface area contributed by atoms with E-state index in [1.807, 2.05) is 19.1 Å². The Morgan fingerprint density at radius 1 is 1.26 bits per heavy atom. The number of benzene rings is 2. The Morgan fingerprint density at radius 3 is 2.65 bits per heavy atom. The zero-order chi connectivity index (χ0) is 24.4. The van der Waals surface area contributed by atoms with E-state index in [1.165, 1.54) is 29.9 Å². The first-order chi connectivity index (χ1) is 16.3. The minimum absolute atomic E-state index is 0.118. The molecule has 2 heterocycles. The molecule has 34 heavy (non-hydrogen) atoms. The SMILES string of the molecule is CCCOc1ccc(C2C(C(=O)OC)=C(C)N=c3s/c(=C\c4c(F)cccc4Cl)c(=O)n32)cc1. The number of halogens is 2. The molecular formula is C25H22ClFN2O4S. The highest BCUT2D eigenvalue weighted by atomic mass is 35.5. The van der Waals surface area contributed by atoms with E-state index in [0.717, 1.165) is 17.8 Å². The van der Waals surface area contributed by atoms with Crippen molar-refractivity contribution in [3.05, 3.63) is 95.4 Å². The van der Waals surface area contributed by atoms with Crippen LogP contribution in [-0.2, 0) is 9.53 Å². The molecule has 0 saturated heterocycles. The maximum atomic E-state index is 14.4. The molecule has 176 valence electrons. The largest absolute Gasteiger partial charge is 0.494 e. The van der Waals surface area contributed by atoms with Gasteiger partial charge in [0.2, 0.25) is 0 Å². The molecule has 1 aliphatic rings. The number of methoxy groups -OCH3 is 1. The molecule has 0 amide bonds. The van der Waals surface area contributed by atoms with Crippen molar-refractivity contribution in [3.8, 4) is 5.75 Å². The van der Waals surface area contributed by atoms with Crippen LogP contribution in [0.3, 0.4) is 0 Å². The predicted octanol–water partition coefficient (Wildman–Crippen LogP) is 3.99. The fraction of sp³-hybridized carbons (Fsp3) is 0.240. The van der Waals surface area contributed by atoms with Crippen molar-refractivity contribution in [1.29, 1.82) is 0 Å². The molecule has 0 spiro atoms. The number of nitrogens with zero attached hydrogens (tertiary/aromatic N) is 2. The topological polar surface area (TPSA) is 69.9 Å². The third-order valence-corrected chi connectivity index (χ3v) is 6.68. The van der Waals surface area contributed by atoms with Crippen LogP contribution in [0.1, 0.15) is 37.4 Å². The van der Waals surface area contributed by atoms with Gasteiger partial charge >= 0.3 is 5.97 Å². The third-order valence-electron chi connectivity index (χ3n) is 5.37. The first-order valence-corrected chi connectivity index (χ1v) is 11.8. The Morgan fingerprint density at radius 2 is 2.00 bits per heavy atom. The fourth-order valence-electron chi connectivity index (χ4n) is 3.75. The van der Waals surface area contributed by atoms with Gasteiger partial charge in [0.1, 0.15) is 11.6 Å². The van der Waals surface area contributed by atoms with Gasteiger partial charge in [-0.05, 0) is 49.2 Å². The van der Waals surface area contributed by atoms with E-state index < -0.39 is 23.4 Å². The van der Waals surface area contributed by atoms with Gasteiger partial charge < -0.3 is 9.47 Å². The van der Waals surface area contributed by atoms with Crippen LogP contribution in [0.4, 0.5) is 4.39 Å². The van der Waals surface area contributed by atoms with Gasteiger partial charge in [-0.1, -0.05) is 48.1 Å². The Hall–Kier alpha value is -3.23. The molecule has 0 radical (unpaired) electrons. The van der Waals surface area contributed by atoms with Crippen LogP contribution < -0.4 is 19.6 Å². The van der Waals surface area contributed by atoms with Crippen LogP contribution in [0.2, 0.25) is 5.02 Å².